The molecule has 0 radical (unpaired) electrons. The molecule has 2 rings (SSSR count). The Hall–Kier alpha value is -1.73. The molecule has 0 spiro atoms. The number of aliphatic hydroxyl groups is 1. The lowest BCUT2D eigenvalue weighted by atomic mass is 9.87. The number of hydrogen-bond acceptors (Lipinski definition) is 5. The van der Waals surface area contributed by atoms with Crippen LogP contribution in [0.25, 0.3) is 0 Å². The van der Waals surface area contributed by atoms with Crippen molar-refractivity contribution >= 4 is 23.2 Å². The smallest absolute Gasteiger partial charge is 0.288 e. The molecule has 1 saturated carbocycles. The van der Waals surface area contributed by atoms with Crippen LogP contribution in [0.5, 0.6) is 0 Å². The van der Waals surface area contributed by atoms with Gasteiger partial charge in [0.15, 0.2) is 0 Å². The molecule has 0 aromatic carbocycles. The van der Waals surface area contributed by atoms with Crippen molar-refractivity contribution in [2.45, 2.75) is 31.8 Å². The van der Waals surface area contributed by atoms with Crippen LogP contribution < -0.4 is 5.32 Å². The average Bonchev–Trinajstić information content (AvgIpc) is 2.45. The lowest BCUT2D eigenvalue weighted by Crippen LogP contribution is -2.33. The Bertz CT molecular complexity index is 552. The van der Waals surface area contributed by atoms with Gasteiger partial charge in [0, 0.05) is 12.6 Å². The first-order chi connectivity index (χ1) is 9.97. The van der Waals surface area contributed by atoms with Crippen molar-refractivity contribution in [1.82, 2.24) is 10.3 Å². The number of carbonyl (C=O) groups is 1. The molecule has 2 atom stereocenters. The Morgan fingerprint density at radius 3 is 3.00 bits per heavy atom. The highest BCUT2D eigenvalue weighted by molar-refractivity contribution is 6.32. The van der Waals surface area contributed by atoms with E-state index in [0.29, 0.717) is 13.0 Å². The van der Waals surface area contributed by atoms with Crippen molar-refractivity contribution in [2.75, 3.05) is 6.54 Å². The van der Waals surface area contributed by atoms with Gasteiger partial charge in [-0.05, 0) is 25.2 Å². The predicted octanol–water partition coefficient (Wildman–Crippen LogP) is 1.92. The van der Waals surface area contributed by atoms with E-state index in [1.54, 1.807) is 0 Å². The van der Waals surface area contributed by atoms with Crippen LogP contribution >= 0.6 is 11.6 Å². The Labute approximate surface area is 126 Å². The summed E-state index contributed by atoms with van der Waals surface area (Å²) in [5, 5.41) is 22.9. The fourth-order valence-electron chi connectivity index (χ4n) is 2.48. The van der Waals surface area contributed by atoms with Gasteiger partial charge in [0.1, 0.15) is 11.3 Å². The van der Waals surface area contributed by atoms with E-state index in [0.717, 1.165) is 31.5 Å². The lowest BCUT2D eigenvalue weighted by Gasteiger charge is -2.25. The topological polar surface area (TPSA) is 105 Å². The highest BCUT2D eigenvalue weighted by Crippen LogP contribution is 2.24. The summed E-state index contributed by atoms with van der Waals surface area (Å²) in [6.07, 6.45) is 4.02. The van der Waals surface area contributed by atoms with Crippen molar-refractivity contribution in [2.24, 2.45) is 5.92 Å². The van der Waals surface area contributed by atoms with Gasteiger partial charge in [-0.2, -0.15) is 0 Å². The molecule has 1 aliphatic rings. The van der Waals surface area contributed by atoms with Crippen molar-refractivity contribution < 1.29 is 14.8 Å². The number of halogens is 1. The molecular weight excluding hydrogens is 298 g/mol. The number of rotatable bonds is 4. The summed E-state index contributed by atoms with van der Waals surface area (Å²) in [6.45, 7) is 0.412. The van der Waals surface area contributed by atoms with E-state index in [1.165, 1.54) is 0 Å². The minimum Gasteiger partial charge on any atom is -0.393 e. The molecule has 8 heteroatoms. The van der Waals surface area contributed by atoms with Crippen LogP contribution in [0.1, 0.15) is 36.0 Å². The molecule has 1 aliphatic carbocycles. The van der Waals surface area contributed by atoms with E-state index < -0.39 is 10.8 Å². The Morgan fingerprint density at radius 2 is 2.33 bits per heavy atom. The zero-order chi connectivity index (χ0) is 15.4. The van der Waals surface area contributed by atoms with Gasteiger partial charge in [-0.25, -0.2) is 4.98 Å². The van der Waals surface area contributed by atoms with E-state index in [2.05, 4.69) is 10.3 Å². The van der Waals surface area contributed by atoms with E-state index in [9.17, 15) is 20.0 Å². The first-order valence-electron chi connectivity index (χ1n) is 6.73. The number of aliphatic hydroxyl groups excluding tert-OH is 1. The molecule has 0 saturated heterocycles. The maximum atomic E-state index is 12.0. The number of carbonyl (C=O) groups excluding carboxylic acids is 1. The molecule has 7 nitrogen and oxygen atoms in total. The molecule has 21 heavy (non-hydrogen) atoms. The molecule has 114 valence electrons. The van der Waals surface area contributed by atoms with Gasteiger partial charge in [-0.3, -0.25) is 14.9 Å². The third kappa shape index (κ3) is 4.12. The summed E-state index contributed by atoms with van der Waals surface area (Å²) in [5.41, 5.74) is -0.292. The molecular formula is C13H16ClN3O4. The fraction of sp³-hybridized carbons (Fsp3) is 0.538. The third-order valence-corrected chi connectivity index (χ3v) is 3.89. The molecule has 0 bridgehead atoms. The molecule has 1 aromatic heterocycles. The summed E-state index contributed by atoms with van der Waals surface area (Å²) >= 11 is 5.81. The maximum Gasteiger partial charge on any atom is 0.288 e. The van der Waals surface area contributed by atoms with Crippen LogP contribution in [0.4, 0.5) is 5.69 Å². The lowest BCUT2D eigenvalue weighted by molar-refractivity contribution is -0.385. The number of amides is 1. The molecule has 2 unspecified atom stereocenters. The summed E-state index contributed by atoms with van der Waals surface area (Å²) in [4.78, 5) is 25.8. The number of pyridine rings is 1. The van der Waals surface area contributed by atoms with Gasteiger partial charge in [0.05, 0.1) is 16.6 Å². The first-order valence-corrected chi connectivity index (χ1v) is 7.11. The number of nitrogens with one attached hydrogen (secondary N) is 1. The van der Waals surface area contributed by atoms with Crippen molar-refractivity contribution in [1.29, 1.82) is 0 Å². The highest BCUT2D eigenvalue weighted by Gasteiger charge is 2.22. The van der Waals surface area contributed by atoms with Crippen molar-refractivity contribution in [3.8, 4) is 0 Å². The summed E-state index contributed by atoms with van der Waals surface area (Å²) in [7, 11) is 0. The Kier molecular flexibility index (Phi) is 5.08. The van der Waals surface area contributed by atoms with Gasteiger partial charge in [0.2, 0.25) is 0 Å². The zero-order valence-electron chi connectivity index (χ0n) is 11.3. The van der Waals surface area contributed by atoms with Crippen LogP contribution in [0, 0.1) is 16.0 Å². The third-order valence-electron chi connectivity index (χ3n) is 3.59. The molecule has 1 heterocycles. The molecule has 2 N–H and O–H groups in total. The van der Waals surface area contributed by atoms with Crippen LogP contribution in [-0.2, 0) is 0 Å². The minimum atomic E-state index is -0.627. The van der Waals surface area contributed by atoms with Crippen LogP contribution in [0.3, 0.4) is 0 Å². The summed E-state index contributed by atoms with van der Waals surface area (Å²) in [5.74, 6) is -0.278. The quantitative estimate of drug-likeness (QED) is 0.502. The second-order valence-electron chi connectivity index (χ2n) is 5.19. The predicted molar refractivity (Wildman–Crippen MR) is 76.2 cm³/mol. The van der Waals surface area contributed by atoms with E-state index in [1.807, 2.05) is 0 Å². The molecule has 1 aromatic rings. The first kappa shape index (κ1) is 15.7. The van der Waals surface area contributed by atoms with Crippen molar-refractivity contribution in [3.63, 3.8) is 0 Å². The standard InChI is InChI=1S/C13H16ClN3O4/c14-12-11(5-9(7-15-12)17(20)21)13(19)16-6-8-2-1-3-10(18)4-8/h5,7-8,10,18H,1-4,6H2,(H,16,19). The number of nitrogens with zero attached hydrogens (tertiary/aromatic N) is 2. The van der Waals surface area contributed by atoms with Crippen LogP contribution in [0.2, 0.25) is 5.15 Å². The van der Waals surface area contributed by atoms with Crippen LogP contribution in [0.15, 0.2) is 12.3 Å². The van der Waals surface area contributed by atoms with Gasteiger partial charge in [0.25, 0.3) is 11.6 Å². The number of aromatic nitrogens is 1. The van der Waals surface area contributed by atoms with E-state index in [4.69, 9.17) is 11.6 Å². The normalized spacial score (nSPS) is 21.8. The van der Waals surface area contributed by atoms with Gasteiger partial charge in [-0.1, -0.05) is 18.0 Å². The second-order valence-corrected chi connectivity index (χ2v) is 5.54. The largest absolute Gasteiger partial charge is 0.393 e. The minimum absolute atomic E-state index is 0.0118. The second kappa shape index (κ2) is 6.82. The van der Waals surface area contributed by atoms with Gasteiger partial charge >= 0.3 is 0 Å². The van der Waals surface area contributed by atoms with Crippen LogP contribution in [-0.4, -0.2) is 33.6 Å². The van der Waals surface area contributed by atoms with E-state index >= 15 is 0 Å². The van der Waals surface area contributed by atoms with Crippen molar-refractivity contribution in [3.05, 3.63) is 33.1 Å². The molecule has 1 fully saturated rings. The zero-order valence-corrected chi connectivity index (χ0v) is 12.0. The number of hydrogen-bond donors (Lipinski definition) is 2. The van der Waals surface area contributed by atoms with Gasteiger partial charge < -0.3 is 10.4 Å². The Morgan fingerprint density at radius 1 is 1.57 bits per heavy atom. The number of nitro groups is 1. The Balaban J connectivity index is 1.99. The molecule has 0 aliphatic heterocycles. The highest BCUT2D eigenvalue weighted by atomic mass is 35.5. The van der Waals surface area contributed by atoms with Gasteiger partial charge in [-0.15, -0.1) is 0 Å². The fourth-order valence-corrected chi connectivity index (χ4v) is 2.67. The molecule has 1 amide bonds. The summed E-state index contributed by atoms with van der Waals surface area (Å²) in [6, 6.07) is 1.11. The summed E-state index contributed by atoms with van der Waals surface area (Å²) < 4.78 is 0. The SMILES string of the molecule is O=C(NCC1CCCC(O)C1)c1cc([N+](=O)[O-])cnc1Cl. The average molecular weight is 314 g/mol. The van der Waals surface area contributed by atoms with E-state index in [-0.39, 0.29) is 28.4 Å². The monoisotopic (exact) mass is 313 g/mol. The maximum absolute atomic E-state index is 12.0.